The van der Waals surface area contributed by atoms with Crippen LogP contribution in [0.4, 0.5) is 0 Å². The number of rotatable bonds is 3. The van der Waals surface area contributed by atoms with Crippen LogP contribution in [0.1, 0.15) is 55.0 Å². The lowest BCUT2D eigenvalue weighted by Crippen LogP contribution is -2.51. The van der Waals surface area contributed by atoms with Gasteiger partial charge in [0.2, 0.25) is 5.82 Å². The topological polar surface area (TPSA) is 73.9 Å². The van der Waals surface area contributed by atoms with Crippen molar-refractivity contribution in [2.75, 3.05) is 20.1 Å². The Morgan fingerprint density at radius 2 is 2.11 bits per heavy atom. The lowest BCUT2D eigenvalue weighted by atomic mass is 9.90. The molecule has 3 rings (SSSR count). The first-order valence-corrected chi connectivity index (χ1v) is 7.02. The molecule has 0 aromatic carbocycles. The quantitative estimate of drug-likeness (QED) is 0.849. The smallest absolute Gasteiger partial charge is 0.293 e. The van der Waals surface area contributed by atoms with Gasteiger partial charge in [0.15, 0.2) is 0 Å². The highest BCUT2D eigenvalue weighted by molar-refractivity contribution is 5.90. The van der Waals surface area contributed by atoms with Gasteiger partial charge in [-0.3, -0.25) is 9.89 Å². The van der Waals surface area contributed by atoms with Crippen LogP contribution in [0.15, 0.2) is 0 Å². The largest absolute Gasteiger partial charge is 0.336 e. The molecule has 0 spiro atoms. The molecule has 104 valence electrons. The zero-order valence-corrected chi connectivity index (χ0v) is 11.6. The number of nitrogens with one attached hydrogen (secondary N) is 2. The van der Waals surface area contributed by atoms with E-state index in [1.807, 2.05) is 11.9 Å². The van der Waals surface area contributed by atoms with Gasteiger partial charge in [-0.25, -0.2) is 4.98 Å². The molecule has 2 N–H and O–H groups in total. The van der Waals surface area contributed by atoms with Crippen LogP contribution in [0.2, 0.25) is 0 Å². The summed E-state index contributed by atoms with van der Waals surface area (Å²) < 4.78 is 0. The Labute approximate surface area is 113 Å². The molecule has 1 aliphatic heterocycles. The Morgan fingerprint density at radius 1 is 1.42 bits per heavy atom. The number of aromatic amines is 1. The number of H-pyrrole nitrogens is 1. The molecule has 2 heterocycles. The highest BCUT2D eigenvalue weighted by Gasteiger charge is 2.33. The Balaban J connectivity index is 1.64. The van der Waals surface area contributed by atoms with Crippen LogP contribution < -0.4 is 5.32 Å². The van der Waals surface area contributed by atoms with Crippen molar-refractivity contribution < 1.29 is 4.79 Å². The summed E-state index contributed by atoms with van der Waals surface area (Å²) >= 11 is 0. The van der Waals surface area contributed by atoms with Crippen molar-refractivity contribution in [2.24, 2.45) is 0 Å². The molecule has 2 fully saturated rings. The number of hydrogen-bond acceptors (Lipinski definition) is 4. The van der Waals surface area contributed by atoms with Crippen molar-refractivity contribution >= 4 is 5.91 Å². The zero-order valence-electron chi connectivity index (χ0n) is 11.6. The molecule has 1 aromatic rings. The molecule has 1 aliphatic carbocycles. The van der Waals surface area contributed by atoms with E-state index in [1.54, 1.807) is 0 Å². The van der Waals surface area contributed by atoms with Gasteiger partial charge in [0.1, 0.15) is 5.82 Å². The first-order chi connectivity index (χ1) is 9.11. The SMILES string of the molecule is CNC1(C)CCN(C(=O)c2n[nH]c(C3CC3)n2)CC1. The van der Waals surface area contributed by atoms with Gasteiger partial charge in [0, 0.05) is 24.5 Å². The summed E-state index contributed by atoms with van der Waals surface area (Å²) in [7, 11) is 1.98. The fourth-order valence-electron chi connectivity index (χ4n) is 2.50. The van der Waals surface area contributed by atoms with Gasteiger partial charge in [-0.1, -0.05) is 0 Å². The number of amides is 1. The van der Waals surface area contributed by atoms with Crippen LogP contribution in [-0.2, 0) is 0 Å². The average Bonchev–Trinajstić information content (AvgIpc) is 3.17. The molecule has 0 atom stereocenters. The van der Waals surface area contributed by atoms with Crippen LogP contribution in [0.3, 0.4) is 0 Å². The maximum atomic E-state index is 12.3. The standard InChI is InChI=1S/C13H21N5O/c1-13(14-2)5-7-18(8-6-13)12(19)11-15-10(16-17-11)9-3-4-9/h9,14H,3-8H2,1-2H3,(H,15,16,17). The highest BCUT2D eigenvalue weighted by Crippen LogP contribution is 2.37. The van der Waals surface area contributed by atoms with Crippen LogP contribution in [0, 0.1) is 0 Å². The van der Waals surface area contributed by atoms with E-state index in [0.29, 0.717) is 11.7 Å². The van der Waals surface area contributed by atoms with Gasteiger partial charge in [-0.2, -0.15) is 0 Å². The van der Waals surface area contributed by atoms with Crippen molar-refractivity contribution in [3.63, 3.8) is 0 Å². The van der Waals surface area contributed by atoms with Crippen molar-refractivity contribution in [3.05, 3.63) is 11.6 Å². The molecule has 1 saturated heterocycles. The fourth-order valence-corrected chi connectivity index (χ4v) is 2.50. The molecule has 0 bridgehead atoms. The van der Waals surface area contributed by atoms with Gasteiger partial charge >= 0.3 is 0 Å². The minimum Gasteiger partial charge on any atom is -0.336 e. The molecule has 19 heavy (non-hydrogen) atoms. The third kappa shape index (κ3) is 2.49. The summed E-state index contributed by atoms with van der Waals surface area (Å²) in [6.45, 7) is 3.74. The second kappa shape index (κ2) is 4.59. The van der Waals surface area contributed by atoms with Gasteiger partial charge in [-0.15, -0.1) is 5.10 Å². The predicted molar refractivity (Wildman–Crippen MR) is 71.0 cm³/mol. The third-order valence-corrected chi connectivity index (χ3v) is 4.42. The van der Waals surface area contributed by atoms with Gasteiger partial charge < -0.3 is 10.2 Å². The van der Waals surface area contributed by atoms with E-state index < -0.39 is 0 Å². The van der Waals surface area contributed by atoms with E-state index in [9.17, 15) is 4.79 Å². The van der Waals surface area contributed by atoms with Crippen molar-refractivity contribution in [1.82, 2.24) is 25.4 Å². The maximum Gasteiger partial charge on any atom is 0.293 e. The first kappa shape index (κ1) is 12.6. The van der Waals surface area contributed by atoms with Crippen molar-refractivity contribution in [1.29, 1.82) is 0 Å². The normalized spacial score (nSPS) is 22.5. The molecule has 1 aromatic heterocycles. The number of piperidine rings is 1. The molecule has 0 radical (unpaired) electrons. The highest BCUT2D eigenvalue weighted by atomic mass is 16.2. The van der Waals surface area contributed by atoms with E-state index >= 15 is 0 Å². The lowest BCUT2D eigenvalue weighted by molar-refractivity contribution is 0.0650. The molecule has 1 saturated carbocycles. The summed E-state index contributed by atoms with van der Waals surface area (Å²) in [5.41, 5.74) is 0.148. The average molecular weight is 263 g/mol. The Kier molecular flexibility index (Phi) is 3.05. The van der Waals surface area contributed by atoms with Gasteiger partial charge in [0.05, 0.1) is 0 Å². The number of hydrogen-bond donors (Lipinski definition) is 2. The summed E-state index contributed by atoms with van der Waals surface area (Å²) in [4.78, 5) is 18.5. The number of nitrogens with zero attached hydrogens (tertiary/aromatic N) is 3. The number of carbonyl (C=O) groups is 1. The Hall–Kier alpha value is -1.43. The van der Waals surface area contributed by atoms with Crippen LogP contribution in [0.25, 0.3) is 0 Å². The Bertz CT molecular complexity index is 471. The maximum absolute atomic E-state index is 12.3. The van der Waals surface area contributed by atoms with E-state index in [2.05, 4.69) is 27.4 Å². The van der Waals surface area contributed by atoms with Crippen LogP contribution >= 0.6 is 0 Å². The summed E-state index contributed by atoms with van der Waals surface area (Å²) in [6.07, 6.45) is 4.25. The van der Waals surface area contributed by atoms with E-state index in [1.165, 1.54) is 0 Å². The van der Waals surface area contributed by atoms with Gasteiger partial charge in [-0.05, 0) is 39.7 Å². The lowest BCUT2D eigenvalue weighted by Gasteiger charge is -2.38. The minimum atomic E-state index is -0.0405. The summed E-state index contributed by atoms with van der Waals surface area (Å²) in [5.74, 6) is 1.67. The monoisotopic (exact) mass is 263 g/mol. The summed E-state index contributed by atoms with van der Waals surface area (Å²) in [6, 6.07) is 0. The van der Waals surface area contributed by atoms with Crippen LogP contribution in [0.5, 0.6) is 0 Å². The van der Waals surface area contributed by atoms with Gasteiger partial charge in [0.25, 0.3) is 5.91 Å². The molecule has 6 nitrogen and oxygen atoms in total. The van der Waals surface area contributed by atoms with Crippen molar-refractivity contribution in [3.8, 4) is 0 Å². The van der Waals surface area contributed by atoms with E-state index in [4.69, 9.17) is 0 Å². The first-order valence-electron chi connectivity index (χ1n) is 7.02. The molecular formula is C13H21N5O. The second-order valence-electron chi connectivity index (χ2n) is 5.92. The minimum absolute atomic E-state index is 0.0405. The molecule has 0 unspecified atom stereocenters. The number of likely N-dealkylation sites (tertiary alicyclic amines) is 1. The third-order valence-electron chi connectivity index (χ3n) is 4.42. The summed E-state index contributed by atoms with van der Waals surface area (Å²) in [5, 5.41) is 10.3. The Morgan fingerprint density at radius 3 is 2.68 bits per heavy atom. The van der Waals surface area contributed by atoms with Crippen molar-refractivity contribution in [2.45, 2.75) is 44.1 Å². The second-order valence-corrected chi connectivity index (χ2v) is 5.92. The molecule has 1 amide bonds. The predicted octanol–water partition coefficient (Wildman–Crippen LogP) is 0.896. The fraction of sp³-hybridized carbons (Fsp3) is 0.769. The molecule has 6 heteroatoms. The van der Waals surface area contributed by atoms with E-state index in [0.717, 1.165) is 44.6 Å². The molecule has 2 aliphatic rings. The number of aromatic nitrogens is 3. The molecular weight excluding hydrogens is 242 g/mol. The number of carbonyl (C=O) groups excluding carboxylic acids is 1. The van der Waals surface area contributed by atoms with Crippen LogP contribution in [-0.4, -0.2) is 51.7 Å². The van der Waals surface area contributed by atoms with E-state index in [-0.39, 0.29) is 11.4 Å². The zero-order chi connectivity index (χ0) is 13.5.